The smallest absolute Gasteiger partial charge is 0.307 e. The highest BCUT2D eigenvalue weighted by molar-refractivity contribution is 5.87. The van der Waals surface area contributed by atoms with Gasteiger partial charge in [0.15, 0.2) is 5.79 Å². The van der Waals surface area contributed by atoms with E-state index in [0.717, 1.165) is 12.8 Å². The first-order chi connectivity index (χ1) is 11.9. The van der Waals surface area contributed by atoms with Crippen LogP contribution >= 0.6 is 0 Å². The average molecular weight is 349 g/mol. The number of carboxylic acid groups (broad SMARTS) is 1. The second-order valence-electron chi connectivity index (χ2n) is 8.07. The Balaban J connectivity index is 1.53. The molecule has 2 aliphatic carbocycles. The number of hydrogen-bond acceptors (Lipinski definition) is 4. The molecule has 1 amide bonds. The lowest BCUT2D eigenvalue weighted by Crippen LogP contribution is -2.51. The lowest BCUT2D eigenvalue weighted by atomic mass is 9.78. The van der Waals surface area contributed by atoms with Gasteiger partial charge in [-0.05, 0) is 38.5 Å². The zero-order valence-electron chi connectivity index (χ0n) is 15.0. The van der Waals surface area contributed by atoms with E-state index in [1.165, 1.54) is 11.1 Å². The zero-order valence-corrected chi connectivity index (χ0v) is 15.0. The van der Waals surface area contributed by atoms with Gasteiger partial charge in [0.1, 0.15) is 0 Å². The number of rotatable bonds is 2. The van der Waals surface area contributed by atoms with Crippen LogP contribution in [0.2, 0.25) is 0 Å². The molecule has 138 valence electrons. The van der Waals surface area contributed by atoms with Gasteiger partial charge < -0.3 is 19.5 Å². The third-order valence-corrected chi connectivity index (χ3v) is 6.64. The Hall–Kier alpha value is -1.40. The molecule has 1 N–H and O–H groups in total. The maximum absolute atomic E-state index is 13.2. The van der Waals surface area contributed by atoms with E-state index in [2.05, 4.69) is 0 Å². The van der Waals surface area contributed by atoms with E-state index in [1.54, 1.807) is 0 Å². The van der Waals surface area contributed by atoms with Gasteiger partial charge in [-0.3, -0.25) is 9.59 Å². The Kier molecular flexibility index (Phi) is 4.15. The maximum Gasteiger partial charge on any atom is 0.307 e. The second-order valence-corrected chi connectivity index (χ2v) is 8.07. The molecule has 6 heteroatoms. The monoisotopic (exact) mass is 349 g/mol. The molecule has 25 heavy (non-hydrogen) atoms. The topological polar surface area (TPSA) is 76.1 Å². The van der Waals surface area contributed by atoms with E-state index in [4.69, 9.17) is 9.47 Å². The summed E-state index contributed by atoms with van der Waals surface area (Å²) in [6.07, 6.45) is 3.19. The van der Waals surface area contributed by atoms with E-state index in [1.807, 2.05) is 18.7 Å². The van der Waals surface area contributed by atoms with Crippen LogP contribution in [0.4, 0.5) is 0 Å². The van der Waals surface area contributed by atoms with Gasteiger partial charge in [0.2, 0.25) is 5.91 Å². The van der Waals surface area contributed by atoms with Crippen molar-refractivity contribution < 1.29 is 24.2 Å². The normalized spacial score (nSPS) is 36.2. The number of nitrogens with zero attached hydrogens (tertiary/aromatic N) is 1. The van der Waals surface area contributed by atoms with Crippen LogP contribution in [0.5, 0.6) is 0 Å². The maximum atomic E-state index is 13.2. The summed E-state index contributed by atoms with van der Waals surface area (Å²) in [5.74, 6) is -2.13. The molecule has 4 aliphatic rings. The van der Waals surface area contributed by atoms with E-state index in [0.29, 0.717) is 39.1 Å². The zero-order chi connectivity index (χ0) is 17.8. The Morgan fingerprint density at radius 3 is 2.12 bits per heavy atom. The van der Waals surface area contributed by atoms with Crippen molar-refractivity contribution in [1.82, 2.24) is 4.90 Å². The molecule has 0 radical (unpaired) electrons. The molecule has 2 aliphatic heterocycles. The van der Waals surface area contributed by atoms with Gasteiger partial charge in [-0.25, -0.2) is 0 Å². The van der Waals surface area contributed by atoms with Crippen LogP contribution in [0.15, 0.2) is 11.1 Å². The molecule has 0 unspecified atom stereocenters. The molecule has 4 atom stereocenters. The lowest BCUT2D eigenvalue weighted by molar-refractivity contribution is -0.189. The molecule has 2 heterocycles. The SMILES string of the molecule is CC(C)=C1[C@H]2CC[C@@H]1[C@@H](C(=O)N1CCC3(CC1)OCCO3)[C@H]2C(=O)O. The number of carbonyl (C=O) groups is 2. The molecule has 4 fully saturated rings. The summed E-state index contributed by atoms with van der Waals surface area (Å²) in [7, 11) is 0. The molecule has 2 saturated heterocycles. The summed E-state index contributed by atoms with van der Waals surface area (Å²) < 4.78 is 11.5. The minimum atomic E-state index is -0.819. The molecule has 2 bridgehead atoms. The molecule has 4 rings (SSSR count). The van der Waals surface area contributed by atoms with Crippen LogP contribution in [0.3, 0.4) is 0 Å². The van der Waals surface area contributed by atoms with Crippen molar-refractivity contribution in [3.63, 3.8) is 0 Å². The first kappa shape index (κ1) is 17.0. The number of ether oxygens (including phenoxy) is 2. The van der Waals surface area contributed by atoms with Crippen LogP contribution < -0.4 is 0 Å². The summed E-state index contributed by atoms with van der Waals surface area (Å²) in [6, 6.07) is 0. The van der Waals surface area contributed by atoms with E-state index in [-0.39, 0.29) is 17.7 Å². The van der Waals surface area contributed by atoms with Crippen molar-refractivity contribution in [3.8, 4) is 0 Å². The van der Waals surface area contributed by atoms with Crippen molar-refractivity contribution >= 4 is 11.9 Å². The predicted octanol–water partition coefficient (Wildman–Crippen LogP) is 2.05. The molecule has 0 aromatic carbocycles. The highest BCUT2D eigenvalue weighted by Crippen LogP contribution is 2.57. The van der Waals surface area contributed by atoms with Crippen molar-refractivity contribution in [3.05, 3.63) is 11.1 Å². The lowest BCUT2D eigenvalue weighted by Gasteiger charge is -2.40. The average Bonchev–Trinajstić information content (AvgIpc) is 3.28. The van der Waals surface area contributed by atoms with Crippen molar-refractivity contribution in [1.29, 1.82) is 0 Å². The fourth-order valence-corrected chi connectivity index (χ4v) is 5.65. The number of carbonyl (C=O) groups excluding carboxylic acids is 1. The minimum Gasteiger partial charge on any atom is -0.481 e. The van der Waals surface area contributed by atoms with Gasteiger partial charge in [0, 0.05) is 25.9 Å². The quantitative estimate of drug-likeness (QED) is 0.772. The number of amides is 1. The summed E-state index contributed by atoms with van der Waals surface area (Å²) >= 11 is 0. The molecule has 1 spiro atoms. The fourth-order valence-electron chi connectivity index (χ4n) is 5.65. The number of hydrogen-bond donors (Lipinski definition) is 1. The molecule has 0 aromatic rings. The standard InChI is InChI=1S/C19H27NO5/c1-11(2)14-12-3-4-13(14)16(18(22)23)15(12)17(21)20-7-5-19(6-8-20)24-9-10-25-19/h12-13,15-16H,3-10H2,1-2H3,(H,22,23)/t12-,13+,15+,16-/m0/s1. The molecular weight excluding hydrogens is 322 g/mol. The largest absolute Gasteiger partial charge is 0.481 e. The Morgan fingerprint density at radius 2 is 1.60 bits per heavy atom. The van der Waals surface area contributed by atoms with Gasteiger partial charge in [-0.15, -0.1) is 0 Å². The highest BCUT2D eigenvalue weighted by Gasteiger charge is 2.58. The van der Waals surface area contributed by atoms with Gasteiger partial charge in [0.05, 0.1) is 25.0 Å². The van der Waals surface area contributed by atoms with Crippen LogP contribution in [0, 0.1) is 23.7 Å². The van der Waals surface area contributed by atoms with Crippen molar-refractivity contribution in [2.45, 2.75) is 45.3 Å². The van der Waals surface area contributed by atoms with Gasteiger partial charge in [-0.2, -0.15) is 0 Å². The number of aliphatic carboxylic acids is 1. The number of carboxylic acids is 1. The van der Waals surface area contributed by atoms with Gasteiger partial charge in [0.25, 0.3) is 0 Å². The fraction of sp³-hybridized carbons (Fsp3) is 0.789. The van der Waals surface area contributed by atoms with Crippen LogP contribution in [-0.4, -0.2) is 54.0 Å². The number of piperidine rings is 1. The number of allylic oxidation sites excluding steroid dienone is 2. The third-order valence-electron chi connectivity index (χ3n) is 6.64. The second kappa shape index (κ2) is 6.09. The third kappa shape index (κ3) is 2.61. The van der Waals surface area contributed by atoms with E-state index in [9.17, 15) is 14.7 Å². The summed E-state index contributed by atoms with van der Waals surface area (Å²) in [6.45, 7) is 6.50. The predicted molar refractivity (Wildman–Crippen MR) is 89.7 cm³/mol. The van der Waals surface area contributed by atoms with Crippen LogP contribution in [0.25, 0.3) is 0 Å². The summed E-state index contributed by atoms with van der Waals surface area (Å²) in [5.41, 5.74) is 2.43. The first-order valence-corrected chi connectivity index (χ1v) is 9.40. The Bertz CT molecular complexity index is 607. The minimum absolute atomic E-state index is 0.0196. The Morgan fingerprint density at radius 1 is 1.04 bits per heavy atom. The van der Waals surface area contributed by atoms with Crippen LogP contribution in [-0.2, 0) is 19.1 Å². The van der Waals surface area contributed by atoms with Gasteiger partial charge in [-0.1, -0.05) is 11.1 Å². The highest BCUT2D eigenvalue weighted by atomic mass is 16.7. The molecular formula is C19H27NO5. The van der Waals surface area contributed by atoms with E-state index >= 15 is 0 Å². The summed E-state index contributed by atoms with van der Waals surface area (Å²) in [4.78, 5) is 27.0. The first-order valence-electron chi connectivity index (χ1n) is 9.40. The van der Waals surface area contributed by atoms with Gasteiger partial charge >= 0.3 is 5.97 Å². The Labute approximate surface area is 148 Å². The van der Waals surface area contributed by atoms with Crippen molar-refractivity contribution in [2.75, 3.05) is 26.3 Å². The summed E-state index contributed by atoms with van der Waals surface area (Å²) in [5, 5.41) is 9.79. The molecule has 6 nitrogen and oxygen atoms in total. The van der Waals surface area contributed by atoms with E-state index < -0.39 is 23.6 Å². The van der Waals surface area contributed by atoms with Crippen LogP contribution in [0.1, 0.15) is 39.5 Å². The number of fused-ring (bicyclic) bond motifs is 2. The molecule has 0 aromatic heterocycles. The van der Waals surface area contributed by atoms with Crippen molar-refractivity contribution in [2.24, 2.45) is 23.7 Å². The molecule has 2 saturated carbocycles. The number of likely N-dealkylation sites (tertiary alicyclic amines) is 1.